The van der Waals surface area contributed by atoms with Crippen molar-refractivity contribution in [2.24, 2.45) is 0 Å². The number of nitrogens with zero attached hydrogens (tertiary/aromatic N) is 1. The number of sulfone groups is 1. The van der Waals surface area contributed by atoms with E-state index in [4.69, 9.17) is 5.73 Å². The van der Waals surface area contributed by atoms with Gasteiger partial charge in [-0.15, -0.1) is 0 Å². The molecule has 0 spiro atoms. The molecule has 0 radical (unpaired) electrons. The summed E-state index contributed by atoms with van der Waals surface area (Å²) in [5, 5.41) is 2.57. The molecule has 1 rings (SSSR count). The van der Waals surface area contributed by atoms with Crippen molar-refractivity contribution in [2.75, 3.05) is 17.7 Å². The van der Waals surface area contributed by atoms with E-state index in [0.717, 1.165) is 6.26 Å². The lowest BCUT2D eigenvalue weighted by Crippen LogP contribution is -2.37. The number of anilines is 1. The van der Waals surface area contributed by atoms with Gasteiger partial charge in [-0.1, -0.05) is 0 Å². The van der Waals surface area contributed by atoms with Crippen molar-refractivity contribution in [3.63, 3.8) is 0 Å². The van der Waals surface area contributed by atoms with Crippen LogP contribution in [0.3, 0.4) is 0 Å². The number of pyridine rings is 1. The Morgan fingerprint density at radius 3 is 2.65 bits per heavy atom. The molecule has 1 aromatic heterocycles. The van der Waals surface area contributed by atoms with Gasteiger partial charge in [-0.25, -0.2) is 13.4 Å². The summed E-state index contributed by atoms with van der Waals surface area (Å²) < 4.78 is 22.0. The van der Waals surface area contributed by atoms with E-state index in [2.05, 4.69) is 10.3 Å². The minimum Gasteiger partial charge on any atom is -0.384 e. The van der Waals surface area contributed by atoms with Gasteiger partial charge in [0.25, 0.3) is 5.91 Å². The SMILES string of the molecule is CC(CS(C)(=O)=O)NC(=O)c1ccc(N)nc1. The highest BCUT2D eigenvalue weighted by atomic mass is 32.2. The van der Waals surface area contributed by atoms with Gasteiger partial charge in [-0.05, 0) is 19.1 Å². The number of nitrogens with one attached hydrogen (secondary N) is 1. The minimum absolute atomic E-state index is 0.0961. The van der Waals surface area contributed by atoms with Gasteiger partial charge in [0.2, 0.25) is 0 Å². The third kappa shape index (κ3) is 4.81. The Morgan fingerprint density at radius 2 is 2.18 bits per heavy atom. The highest BCUT2D eigenvalue weighted by Crippen LogP contribution is 2.02. The van der Waals surface area contributed by atoms with Crippen molar-refractivity contribution in [2.45, 2.75) is 13.0 Å². The number of hydrogen-bond acceptors (Lipinski definition) is 5. The number of carbonyl (C=O) groups is 1. The first-order chi connectivity index (χ1) is 7.78. The molecule has 1 heterocycles. The molecule has 3 N–H and O–H groups in total. The van der Waals surface area contributed by atoms with E-state index in [1.807, 2.05) is 0 Å². The lowest BCUT2D eigenvalue weighted by molar-refractivity contribution is 0.0943. The molecule has 1 amide bonds. The van der Waals surface area contributed by atoms with Crippen LogP contribution in [0.15, 0.2) is 18.3 Å². The maximum atomic E-state index is 11.7. The predicted molar refractivity (Wildman–Crippen MR) is 65.3 cm³/mol. The van der Waals surface area contributed by atoms with Crippen molar-refractivity contribution in [3.8, 4) is 0 Å². The van der Waals surface area contributed by atoms with Gasteiger partial charge < -0.3 is 11.1 Å². The zero-order chi connectivity index (χ0) is 13.1. The average molecular weight is 257 g/mol. The van der Waals surface area contributed by atoms with E-state index in [0.29, 0.717) is 11.4 Å². The molecule has 0 aliphatic rings. The summed E-state index contributed by atoms with van der Waals surface area (Å²) in [6.07, 6.45) is 2.47. The summed E-state index contributed by atoms with van der Waals surface area (Å²) in [6, 6.07) is 2.59. The quantitative estimate of drug-likeness (QED) is 0.779. The molecule has 1 unspecified atom stereocenters. The molecule has 6 nitrogen and oxygen atoms in total. The van der Waals surface area contributed by atoms with Gasteiger partial charge in [-0.2, -0.15) is 0 Å². The highest BCUT2D eigenvalue weighted by Gasteiger charge is 2.14. The van der Waals surface area contributed by atoms with E-state index in [1.165, 1.54) is 18.3 Å². The zero-order valence-corrected chi connectivity index (χ0v) is 10.5. The Kier molecular flexibility index (Phi) is 4.06. The number of aromatic nitrogens is 1. The van der Waals surface area contributed by atoms with Gasteiger partial charge in [0.15, 0.2) is 0 Å². The first-order valence-electron chi connectivity index (χ1n) is 4.98. The summed E-state index contributed by atoms with van der Waals surface area (Å²) in [4.78, 5) is 15.4. The van der Waals surface area contributed by atoms with E-state index in [-0.39, 0.29) is 11.7 Å². The standard InChI is InChI=1S/C10H15N3O3S/c1-7(6-17(2,15)16)13-10(14)8-3-4-9(11)12-5-8/h3-5,7H,6H2,1-2H3,(H2,11,12)(H,13,14). The van der Waals surface area contributed by atoms with Crippen LogP contribution in [0, 0.1) is 0 Å². The van der Waals surface area contributed by atoms with Crippen LogP contribution in [-0.2, 0) is 9.84 Å². The van der Waals surface area contributed by atoms with Crippen LogP contribution in [0.1, 0.15) is 17.3 Å². The Bertz CT molecular complexity index is 496. The Morgan fingerprint density at radius 1 is 1.53 bits per heavy atom. The zero-order valence-electron chi connectivity index (χ0n) is 9.67. The van der Waals surface area contributed by atoms with Gasteiger partial charge >= 0.3 is 0 Å². The Hall–Kier alpha value is -1.63. The van der Waals surface area contributed by atoms with Gasteiger partial charge in [-0.3, -0.25) is 4.79 Å². The van der Waals surface area contributed by atoms with Crippen molar-refractivity contribution in [1.82, 2.24) is 10.3 Å². The van der Waals surface area contributed by atoms with Crippen molar-refractivity contribution < 1.29 is 13.2 Å². The molecule has 7 heteroatoms. The molecule has 0 bridgehead atoms. The lowest BCUT2D eigenvalue weighted by atomic mass is 10.2. The minimum atomic E-state index is -3.11. The van der Waals surface area contributed by atoms with E-state index in [1.54, 1.807) is 6.92 Å². The second-order valence-corrected chi connectivity index (χ2v) is 6.12. The Balaban J connectivity index is 2.63. The van der Waals surface area contributed by atoms with Crippen LogP contribution in [0.25, 0.3) is 0 Å². The molecule has 94 valence electrons. The number of hydrogen-bond donors (Lipinski definition) is 2. The first-order valence-corrected chi connectivity index (χ1v) is 7.04. The fourth-order valence-corrected chi connectivity index (χ4v) is 2.33. The van der Waals surface area contributed by atoms with Crippen LogP contribution in [-0.4, -0.2) is 37.4 Å². The third-order valence-corrected chi connectivity index (χ3v) is 3.08. The Labute approximate surface area is 100 Å². The smallest absolute Gasteiger partial charge is 0.253 e. The van der Waals surface area contributed by atoms with Crippen LogP contribution in [0.2, 0.25) is 0 Å². The van der Waals surface area contributed by atoms with E-state index in [9.17, 15) is 13.2 Å². The molecule has 0 aliphatic heterocycles. The highest BCUT2D eigenvalue weighted by molar-refractivity contribution is 7.90. The largest absolute Gasteiger partial charge is 0.384 e. The van der Waals surface area contributed by atoms with E-state index < -0.39 is 15.9 Å². The molecule has 1 aromatic rings. The second-order valence-electron chi connectivity index (χ2n) is 3.94. The summed E-state index contributed by atoms with van der Waals surface area (Å²) in [5.41, 5.74) is 5.74. The van der Waals surface area contributed by atoms with E-state index >= 15 is 0 Å². The normalized spacial score (nSPS) is 13.1. The van der Waals surface area contributed by atoms with Crippen LogP contribution < -0.4 is 11.1 Å². The van der Waals surface area contributed by atoms with Gasteiger partial charge in [0, 0.05) is 18.5 Å². The number of amides is 1. The molecule has 0 aliphatic carbocycles. The number of nitrogen functional groups attached to an aromatic ring is 1. The average Bonchev–Trinajstić information content (AvgIpc) is 2.15. The van der Waals surface area contributed by atoms with Crippen molar-refractivity contribution >= 4 is 21.6 Å². The number of carbonyl (C=O) groups excluding carboxylic acids is 1. The summed E-state index contributed by atoms with van der Waals surface area (Å²) >= 11 is 0. The van der Waals surface area contributed by atoms with Crippen LogP contribution >= 0.6 is 0 Å². The maximum Gasteiger partial charge on any atom is 0.253 e. The number of nitrogens with two attached hydrogens (primary N) is 1. The lowest BCUT2D eigenvalue weighted by Gasteiger charge is -2.12. The van der Waals surface area contributed by atoms with Gasteiger partial charge in [0.05, 0.1) is 11.3 Å². The molecular weight excluding hydrogens is 242 g/mol. The van der Waals surface area contributed by atoms with Crippen molar-refractivity contribution in [1.29, 1.82) is 0 Å². The predicted octanol–water partition coefficient (Wildman–Crippen LogP) is -0.173. The van der Waals surface area contributed by atoms with Crippen LogP contribution in [0.4, 0.5) is 5.82 Å². The number of rotatable bonds is 4. The fourth-order valence-electron chi connectivity index (χ4n) is 1.34. The second kappa shape index (κ2) is 5.13. The molecule has 0 saturated heterocycles. The summed E-state index contributed by atoms with van der Waals surface area (Å²) in [5.74, 6) is -0.138. The summed E-state index contributed by atoms with van der Waals surface area (Å²) in [7, 11) is -3.11. The topological polar surface area (TPSA) is 102 Å². The third-order valence-electron chi connectivity index (χ3n) is 1.98. The molecular formula is C10H15N3O3S. The molecule has 0 fully saturated rings. The summed E-state index contributed by atoms with van der Waals surface area (Å²) in [6.45, 7) is 1.63. The van der Waals surface area contributed by atoms with Crippen molar-refractivity contribution in [3.05, 3.63) is 23.9 Å². The monoisotopic (exact) mass is 257 g/mol. The maximum absolute atomic E-state index is 11.7. The molecule has 0 saturated carbocycles. The molecule has 0 aromatic carbocycles. The fraction of sp³-hybridized carbons (Fsp3) is 0.400. The van der Waals surface area contributed by atoms with Crippen LogP contribution in [0.5, 0.6) is 0 Å². The first kappa shape index (κ1) is 13.4. The van der Waals surface area contributed by atoms with Gasteiger partial charge in [0.1, 0.15) is 15.7 Å². The molecule has 1 atom stereocenters. The molecule has 17 heavy (non-hydrogen) atoms.